The maximum Gasteiger partial charge on any atom is 0.227 e. The van der Waals surface area contributed by atoms with Crippen LogP contribution >= 0.6 is 0 Å². The molecule has 2 atom stereocenters. The van der Waals surface area contributed by atoms with Crippen molar-refractivity contribution < 1.29 is 9.90 Å². The summed E-state index contributed by atoms with van der Waals surface area (Å²) in [6, 6.07) is 5.09. The molecule has 80 valence electrons. The summed E-state index contributed by atoms with van der Waals surface area (Å²) in [5.74, 6) is 1.04. The van der Waals surface area contributed by atoms with E-state index >= 15 is 0 Å². The quantitative estimate of drug-likeness (QED) is 0.728. The first-order valence-electron chi connectivity index (χ1n) is 5.18. The van der Waals surface area contributed by atoms with Crippen LogP contribution in [0.2, 0.25) is 0 Å². The van der Waals surface area contributed by atoms with Crippen molar-refractivity contribution in [3.05, 3.63) is 23.8 Å². The number of hydrogen-bond donors (Lipinski definition) is 2. The van der Waals surface area contributed by atoms with Gasteiger partial charge >= 0.3 is 0 Å². The van der Waals surface area contributed by atoms with Crippen LogP contribution in [0.3, 0.4) is 0 Å². The largest absolute Gasteiger partial charge is 0.508 e. The summed E-state index contributed by atoms with van der Waals surface area (Å²) in [7, 11) is 0. The van der Waals surface area contributed by atoms with Crippen LogP contribution in [-0.4, -0.2) is 11.0 Å². The molecule has 0 bridgehead atoms. The number of phenols is 1. The van der Waals surface area contributed by atoms with E-state index in [1.807, 2.05) is 6.92 Å². The fraction of sp³-hybridized carbons (Fsp3) is 0.417. The van der Waals surface area contributed by atoms with Crippen molar-refractivity contribution in [1.29, 1.82) is 0 Å². The number of rotatable bonds is 2. The lowest BCUT2D eigenvalue weighted by Crippen LogP contribution is -2.14. The monoisotopic (exact) mass is 205 g/mol. The highest BCUT2D eigenvalue weighted by molar-refractivity contribution is 5.94. The Hall–Kier alpha value is -1.51. The van der Waals surface area contributed by atoms with Gasteiger partial charge in [-0.05, 0) is 43.0 Å². The highest BCUT2D eigenvalue weighted by Gasteiger charge is 2.39. The van der Waals surface area contributed by atoms with Gasteiger partial charge in [0.1, 0.15) is 5.75 Å². The van der Waals surface area contributed by atoms with Gasteiger partial charge in [0.05, 0.1) is 0 Å². The topological polar surface area (TPSA) is 49.3 Å². The summed E-state index contributed by atoms with van der Waals surface area (Å²) in [6.45, 7) is 3.89. The van der Waals surface area contributed by atoms with E-state index in [0.717, 1.165) is 17.7 Å². The lowest BCUT2D eigenvalue weighted by atomic mass is 10.2. The van der Waals surface area contributed by atoms with E-state index in [-0.39, 0.29) is 17.6 Å². The van der Waals surface area contributed by atoms with E-state index in [0.29, 0.717) is 5.92 Å². The summed E-state index contributed by atoms with van der Waals surface area (Å²) in [5, 5.41) is 12.2. The first-order chi connectivity index (χ1) is 7.08. The van der Waals surface area contributed by atoms with Crippen molar-refractivity contribution in [2.75, 3.05) is 5.32 Å². The molecule has 1 amide bonds. The molecule has 3 heteroatoms. The highest BCUT2D eigenvalue weighted by Crippen LogP contribution is 2.38. The van der Waals surface area contributed by atoms with Crippen molar-refractivity contribution in [2.24, 2.45) is 11.8 Å². The van der Waals surface area contributed by atoms with Gasteiger partial charge in [-0.25, -0.2) is 0 Å². The maximum atomic E-state index is 11.6. The van der Waals surface area contributed by atoms with E-state index in [9.17, 15) is 9.90 Å². The van der Waals surface area contributed by atoms with Crippen LogP contribution in [0.4, 0.5) is 5.69 Å². The standard InChI is InChI=1S/C12H15NO2/c1-7-6-10(7)12(15)13-9-3-4-11(14)8(2)5-9/h3-5,7,10,14H,6H2,1-2H3,(H,13,15). The molecule has 0 heterocycles. The maximum absolute atomic E-state index is 11.6. The van der Waals surface area contributed by atoms with Gasteiger partial charge in [0.2, 0.25) is 5.91 Å². The number of aryl methyl sites for hydroxylation is 1. The van der Waals surface area contributed by atoms with Crippen molar-refractivity contribution >= 4 is 11.6 Å². The Morgan fingerprint density at radius 3 is 2.73 bits per heavy atom. The van der Waals surface area contributed by atoms with Crippen LogP contribution in [0.5, 0.6) is 5.75 Å². The number of benzene rings is 1. The summed E-state index contributed by atoms with van der Waals surface area (Å²) in [5.41, 5.74) is 1.53. The molecule has 15 heavy (non-hydrogen) atoms. The Balaban J connectivity index is 2.04. The summed E-state index contributed by atoms with van der Waals surface area (Å²) in [4.78, 5) is 11.6. The molecule has 0 aliphatic heterocycles. The van der Waals surface area contributed by atoms with Crippen molar-refractivity contribution in [2.45, 2.75) is 20.3 Å². The smallest absolute Gasteiger partial charge is 0.227 e. The van der Waals surface area contributed by atoms with Gasteiger partial charge in [-0.1, -0.05) is 6.92 Å². The van der Waals surface area contributed by atoms with Crippen LogP contribution in [-0.2, 0) is 4.79 Å². The molecular weight excluding hydrogens is 190 g/mol. The number of carbonyl (C=O) groups excluding carboxylic acids is 1. The van der Waals surface area contributed by atoms with Gasteiger partial charge < -0.3 is 10.4 Å². The molecule has 2 rings (SSSR count). The van der Waals surface area contributed by atoms with Crippen LogP contribution in [0, 0.1) is 18.8 Å². The second kappa shape index (κ2) is 3.57. The number of anilines is 1. The lowest BCUT2D eigenvalue weighted by molar-refractivity contribution is -0.117. The molecule has 1 aromatic rings. The Kier molecular flexibility index (Phi) is 2.39. The first kappa shape index (κ1) is 10.0. The predicted molar refractivity (Wildman–Crippen MR) is 58.7 cm³/mol. The molecule has 2 unspecified atom stereocenters. The third kappa shape index (κ3) is 2.12. The molecule has 1 aromatic carbocycles. The molecule has 0 saturated heterocycles. The minimum Gasteiger partial charge on any atom is -0.508 e. The van der Waals surface area contributed by atoms with Crippen molar-refractivity contribution in [3.8, 4) is 5.75 Å². The zero-order chi connectivity index (χ0) is 11.0. The summed E-state index contributed by atoms with van der Waals surface area (Å²) >= 11 is 0. The molecule has 1 aliphatic carbocycles. The fourth-order valence-corrected chi connectivity index (χ4v) is 1.66. The minimum atomic E-state index is 0.0904. The minimum absolute atomic E-state index is 0.0904. The van der Waals surface area contributed by atoms with E-state index in [2.05, 4.69) is 12.2 Å². The summed E-state index contributed by atoms with van der Waals surface area (Å²) in [6.07, 6.45) is 0.989. The van der Waals surface area contributed by atoms with Gasteiger partial charge in [0.15, 0.2) is 0 Å². The zero-order valence-electron chi connectivity index (χ0n) is 8.95. The highest BCUT2D eigenvalue weighted by atomic mass is 16.3. The van der Waals surface area contributed by atoms with E-state index in [4.69, 9.17) is 0 Å². The van der Waals surface area contributed by atoms with Crippen molar-refractivity contribution in [1.82, 2.24) is 0 Å². The molecule has 0 radical (unpaired) electrons. The molecule has 2 N–H and O–H groups in total. The third-order valence-electron chi connectivity index (χ3n) is 2.91. The number of nitrogens with one attached hydrogen (secondary N) is 1. The number of carbonyl (C=O) groups is 1. The summed E-state index contributed by atoms with van der Waals surface area (Å²) < 4.78 is 0. The lowest BCUT2D eigenvalue weighted by Gasteiger charge is -2.06. The average Bonchev–Trinajstić information content (AvgIpc) is 2.89. The third-order valence-corrected chi connectivity index (χ3v) is 2.91. The molecule has 1 saturated carbocycles. The molecule has 1 aliphatic rings. The SMILES string of the molecule is Cc1cc(NC(=O)C2CC2C)ccc1O. The Bertz CT molecular complexity index is 401. The molecule has 0 spiro atoms. The van der Waals surface area contributed by atoms with Crippen molar-refractivity contribution in [3.63, 3.8) is 0 Å². The fourth-order valence-electron chi connectivity index (χ4n) is 1.66. The number of amides is 1. The Morgan fingerprint density at radius 2 is 2.20 bits per heavy atom. The van der Waals surface area contributed by atoms with E-state index < -0.39 is 0 Å². The molecule has 1 fully saturated rings. The van der Waals surface area contributed by atoms with E-state index in [1.165, 1.54) is 0 Å². The van der Waals surface area contributed by atoms with Crippen LogP contribution in [0.1, 0.15) is 18.9 Å². The number of phenolic OH excluding ortho intramolecular Hbond substituents is 1. The van der Waals surface area contributed by atoms with Gasteiger partial charge in [0.25, 0.3) is 0 Å². The first-order valence-corrected chi connectivity index (χ1v) is 5.18. The Morgan fingerprint density at radius 1 is 1.53 bits per heavy atom. The second-order valence-electron chi connectivity index (χ2n) is 4.31. The van der Waals surface area contributed by atoms with Crippen LogP contribution in [0.15, 0.2) is 18.2 Å². The Labute approximate surface area is 89.1 Å². The van der Waals surface area contributed by atoms with Crippen LogP contribution in [0.25, 0.3) is 0 Å². The molecular formula is C12H15NO2. The number of hydrogen-bond acceptors (Lipinski definition) is 2. The molecule has 3 nitrogen and oxygen atoms in total. The second-order valence-corrected chi connectivity index (χ2v) is 4.31. The average molecular weight is 205 g/mol. The normalized spacial score (nSPS) is 23.6. The van der Waals surface area contributed by atoms with Gasteiger partial charge in [0, 0.05) is 11.6 Å². The van der Waals surface area contributed by atoms with Crippen LogP contribution < -0.4 is 5.32 Å². The van der Waals surface area contributed by atoms with Gasteiger partial charge in [-0.2, -0.15) is 0 Å². The number of aromatic hydroxyl groups is 1. The van der Waals surface area contributed by atoms with Gasteiger partial charge in [-0.15, -0.1) is 0 Å². The predicted octanol–water partition coefficient (Wildman–Crippen LogP) is 2.30. The molecule has 0 aromatic heterocycles. The van der Waals surface area contributed by atoms with E-state index in [1.54, 1.807) is 18.2 Å². The zero-order valence-corrected chi connectivity index (χ0v) is 8.95. The van der Waals surface area contributed by atoms with Gasteiger partial charge in [-0.3, -0.25) is 4.79 Å².